The van der Waals surface area contributed by atoms with Crippen molar-refractivity contribution in [3.8, 4) is 0 Å². The highest BCUT2D eigenvalue weighted by Gasteiger charge is 2.15. The molecule has 6 heteroatoms. The van der Waals surface area contributed by atoms with Gasteiger partial charge in [-0.15, -0.1) is 0 Å². The monoisotopic (exact) mass is 357 g/mol. The predicted molar refractivity (Wildman–Crippen MR) is 71.4 cm³/mol. The first-order chi connectivity index (χ1) is 7.66. The van der Waals surface area contributed by atoms with Crippen LogP contribution >= 0.6 is 28.5 Å². The molecule has 1 heterocycles. The third-order valence-corrected chi connectivity index (χ3v) is 3.45. The lowest BCUT2D eigenvalue weighted by Gasteiger charge is -2.11. The Balaban J connectivity index is 2.52. The molecule has 0 radical (unpaired) electrons. The van der Waals surface area contributed by atoms with Crippen molar-refractivity contribution in [2.45, 2.75) is 25.9 Å². The maximum atomic E-state index is 13.6. The second-order valence-electron chi connectivity index (χ2n) is 3.41. The minimum absolute atomic E-state index is 0.136. The van der Waals surface area contributed by atoms with Crippen LogP contribution in [0, 0.1) is 12.7 Å². The summed E-state index contributed by atoms with van der Waals surface area (Å²) >= 11 is 2.14. The van der Waals surface area contributed by atoms with Gasteiger partial charge in [0.15, 0.2) is 0 Å². The molecule has 0 aromatic carbocycles. The van der Waals surface area contributed by atoms with E-state index in [9.17, 15) is 9.50 Å². The average Bonchev–Trinajstić information content (AvgIpc) is 2.28. The molecule has 0 saturated heterocycles. The third-order valence-electron chi connectivity index (χ3n) is 2.20. The van der Waals surface area contributed by atoms with Gasteiger partial charge >= 0.3 is 0 Å². The maximum Gasteiger partial charge on any atom is 0.150 e. The lowest BCUT2D eigenvalue weighted by molar-refractivity contribution is 0.148. The molecule has 0 saturated carbocycles. The summed E-state index contributed by atoms with van der Waals surface area (Å²) in [4.78, 5) is 3.87. The van der Waals surface area contributed by atoms with Crippen molar-refractivity contribution >= 4 is 28.5 Å². The topological polar surface area (TPSA) is 42.4 Å². The Morgan fingerprint density at radius 1 is 1.69 bits per heavy atom. The van der Waals surface area contributed by atoms with Gasteiger partial charge in [-0.25, -0.2) is 4.39 Å². The Hall–Kier alpha value is 0.160. The second-order valence-corrected chi connectivity index (χ2v) is 5.17. The van der Waals surface area contributed by atoms with Crippen LogP contribution in [0.2, 0.25) is 0 Å². The van der Waals surface area contributed by atoms with Crippen LogP contribution in [0.15, 0.2) is 12.3 Å². The average molecular weight is 357 g/mol. The van der Waals surface area contributed by atoms with Gasteiger partial charge in [0.2, 0.25) is 0 Å². The van der Waals surface area contributed by atoms with E-state index in [0.29, 0.717) is 31.5 Å². The van der Waals surface area contributed by atoms with Gasteiger partial charge in [-0.3, -0.25) is 4.98 Å². The molecule has 3 nitrogen and oxygen atoms in total. The van der Waals surface area contributed by atoms with Crippen LogP contribution in [0.4, 0.5) is 4.39 Å². The molecule has 0 aliphatic rings. The van der Waals surface area contributed by atoms with E-state index in [1.54, 1.807) is 13.0 Å². The molecule has 1 aromatic heterocycles. The van der Waals surface area contributed by atoms with Crippen LogP contribution in [-0.4, -0.2) is 16.7 Å². The van der Waals surface area contributed by atoms with Crippen LogP contribution in [0.3, 0.4) is 0 Å². The van der Waals surface area contributed by atoms with Crippen molar-refractivity contribution in [2.24, 2.45) is 0 Å². The summed E-state index contributed by atoms with van der Waals surface area (Å²) in [6.07, 6.45) is 1.83. The number of aryl methyl sites for hydroxylation is 1. The number of halogens is 2. The van der Waals surface area contributed by atoms with Gasteiger partial charge in [0.1, 0.15) is 11.5 Å². The number of hydrogen-bond donors (Lipinski definition) is 1. The number of aliphatic hydroxyl groups excluding tert-OH is 1. The first kappa shape index (κ1) is 14.2. The van der Waals surface area contributed by atoms with Crippen molar-refractivity contribution in [2.75, 3.05) is 6.61 Å². The van der Waals surface area contributed by atoms with Crippen molar-refractivity contribution < 1.29 is 14.0 Å². The van der Waals surface area contributed by atoms with Crippen LogP contribution in [0.25, 0.3) is 0 Å². The van der Waals surface area contributed by atoms with Gasteiger partial charge in [0.25, 0.3) is 0 Å². The number of rotatable bonds is 6. The normalized spacial score (nSPS) is 13.5. The summed E-state index contributed by atoms with van der Waals surface area (Å²) in [6.45, 7) is 2.67. The molecule has 2 unspecified atom stereocenters. The van der Waals surface area contributed by atoms with E-state index in [2.05, 4.69) is 27.0 Å². The summed E-state index contributed by atoms with van der Waals surface area (Å²) in [5.74, 6) is -0.410. The van der Waals surface area contributed by atoms with Gasteiger partial charge in [0, 0.05) is 6.20 Å². The van der Waals surface area contributed by atoms with E-state index < -0.39 is 11.9 Å². The van der Waals surface area contributed by atoms with Gasteiger partial charge in [-0.2, -0.15) is 0 Å². The smallest absolute Gasteiger partial charge is 0.150 e. The highest BCUT2D eigenvalue weighted by Crippen LogP contribution is 2.24. The molecule has 2 atom stereocenters. The minimum Gasteiger partial charge on any atom is -0.387 e. The SMILES string of the molecule is Cc1ccnc(C(O)CCCOPI)c1F. The molecule has 0 aliphatic carbocycles. The quantitative estimate of drug-likeness (QED) is 0.483. The Labute approximate surface area is 109 Å². The molecule has 1 rings (SSSR count). The van der Waals surface area contributed by atoms with Crippen molar-refractivity contribution in [1.82, 2.24) is 4.98 Å². The van der Waals surface area contributed by atoms with E-state index in [1.807, 2.05) is 0 Å². The first-order valence-electron chi connectivity index (χ1n) is 4.93. The van der Waals surface area contributed by atoms with Crippen LogP contribution < -0.4 is 0 Å². The highest BCUT2D eigenvalue weighted by molar-refractivity contribution is 14.2. The fourth-order valence-corrected chi connectivity index (χ4v) is 2.20. The summed E-state index contributed by atoms with van der Waals surface area (Å²) in [7, 11) is 0. The van der Waals surface area contributed by atoms with E-state index in [0.717, 1.165) is 0 Å². The van der Waals surface area contributed by atoms with Crippen LogP contribution in [-0.2, 0) is 4.52 Å². The molecule has 1 aromatic rings. The summed E-state index contributed by atoms with van der Waals surface area (Å²) in [6, 6.07) is 1.59. The summed E-state index contributed by atoms with van der Waals surface area (Å²) in [5.41, 5.74) is 0.644. The zero-order chi connectivity index (χ0) is 12.0. The van der Waals surface area contributed by atoms with Gasteiger partial charge in [0.05, 0.1) is 19.2 Å². The number of nitrogens with zero attached hydrogens (tertiary/aromatic N) is 1. The predicted octanol–water partition coefficient (Wildman–Crippen LogP) is 3.30. The second kappa shape index (κ2) is 7.48. The Morgan fingerprint density at radius 2 is 2.44 bits per heavy atom. The van der Waals surface area contributed by atoms with Crippen molar-refractivity contribution in [3.63, 3.8) is 0 Å². The van der Waals surface area contributed by atoms with E-state index in [4.69, 9.17) is 4.52 Å². The molecule has 16 heavy (non-hydrogen) atoms. The number of aliphatic hydroxyl groups is 1. The standard InChI is InChI=1S/C10H14FINO2P/c1-7-4-5-13-10(9(7)11)8(14)3-2-6-15-16-12/h4-5,8,14,16H,2-3,6H2,1H3. The molecule has 0 bridgehead atoms. The van der Waals surface area contributed by atoms with Crippen LogP contribution in [0.5, 0.6) is 0 Å². The van der Waals surface area contributed by atoms with Crippen LogP contribution in [0.1, 0.15) is 30.2 Å². The maximum absolute atomic E-state index is 13.6. The van der Waals surface area contributed by atoms with Crippen molar-refractivity contribution in [3.05, 3.63) is 29.3 Å². The summed E-state index contributed by atoms with van der Waals surface area (Å²) < 4.78 is 18.7. The zero-order valence-electron chi connectivity index (χ0n) is 8.91. The minimum atomic E-state index is -0.846. The zero-order valence-corrected chi connectivity index (χ0v) is 12.1. The molecule has 1 N–H and O–H groups in total. The van der Waals surface area contributed by atoms with E-state index >= 15 is 0 Å². The third kappa shape index (κ3) is 4.20. The molecular formula is C10H14FINO2P. The Morgan fingerprint density at radius 3 is 3.12 bits per heavy atom. The first-order valence-corrected chi connectivity index (χ1v) is 8.95. The van der Waals surface area contributed by atoms with Gasteiger partial charge in [-0.1, -0.05) is 0 Å². The van der Waals surface area contributed by atoms with Gasteiger partial charge in [-0.05, 0) is 53.4 Å². The molecular weight excluding hydrogens is 343 g/mol. The van der Waals surface area contributed by atoms with Crippen molar-refractivity contribution in [1.29, 1.82) is 0 Å². The fraction of sp³-hybridized carbons (Fsp3) is 0.500. The highest BCUT2D eigenvalue weighted by atomic mass is 127. The molecule has 0 fully saturated rings. The van der Waals surface area contributed by atoms with E-state index in [-0.39, 0.29) is 5.69 Å². The fourth-order valence-electron chi connectivity index (χ4n) is 1.32. The summed E-state index contributed by atoms with van der Waals surface area (Å²) in [5, 5.41) is 9.77. The molecule has 0 spiro atoms. The number of aromatic nitrogens is 1. The number of hydrogen-bond acceptors (Lipinski definition) is 3. The largest absolute Gasteiger partial charge is 0.387 e. The Kier molecular flexibility index (Phi) is 6.65. The molecule has 0 aliphatic heterocycles. The van der Waals surface area contributed by atoms with Gasteiger partial charge < -0.3 is 9.63 Å². The lowest BCUT2D eigenvalue weighted by Crippen LogP contribution is -2.06. The molecule has 0 amide bonds. The number of pyridine rings is 1. The lowest BCUT2D eigenvalue weighted by atomic mass is 10.1. The van der Waals surface area contributed by atoms with E-state index in [1.165, 1.54) is 6.20 Å². The molecule has 90 valence electrons. The Bertz CT molecular complexity index is 341.